The Balaban J connectivity index is 1.84. The third-order valence-corrected chi connectivity index (χ3v) is 4.32. The smallest absolute Gasteiger partial charge is 0.247 e. The second-order valence-corrected chi connectivity index (χ2v) is 5.77. The summed E-state index contributed by atoms with van der Waals surface area (Å²) in [6.07, 6.45) is 0.307. The Labute approximate surface area is 140 Å². The van der Waals surface area contributed by atoms with Gasteiger partial charge in [-0.2, -0.15) is 0 Å². The van der Waals surface area contributed by atoms with Crippen LogP contribution in [0.4, 0.5) is 4.39 Å². The monoisotopic (exact) mass is 326 g/mol. The molecular formula is C19H19FN2O2. The first-order valence-corrected chi connectivity index (χ1v) is 8.00. The molecule has 24 heavy (non-hydrogen) atoms. The molecule has 3 rings (SSSR count). The zero-order chi connectivity index (χ0) is 17.1. The van der Waals surface area contributed by atoms with E-state index >= 15 is 0 Å². The van der Waals surface area contributed by atoms with Crippen LogP contribution in [0.1, 0.15) is 29.7 Å². The van der Waals surface area contributed by atoms with E-state index in [0.29, 0.717) is 18.5 Å². The molecule has 0 saturated heterocycles. The third-order valence-electron chi connectivity index (χ3n) is 4.32. The molecule has 1 atom stereocenters. The van der Waals surface area contributed by atoms with Gasteiger partial charge in [-0.25, -0.2) is 4.39 Å². The number of nitrogens with one attached hydrogen (secondary N) is 1. The lowest BCUT2D eigenvalue weighted by Crippen LogP contribution is -2.47. The van der Waals surface area contributed by atoms with E-state index in [1.54, 1.807) is 23.1 Å². The fourth-order valence-corrected chi connectivity index (χ4v) is 3.10. The van der Waals surface area contributed by atoms with E-state index in [-0.39, 0.29) is 24.2 Å². The molecule has 2 aromatic rings. The third kappa shape index (κ3) is 3.02. The van der Waals surface area contributed by atoms with Gasteiger partial charge in [0.15, 0.2) is 0 Å². The van der Waals surface area contributed by atoms with Gasteiger partial charge < -0.3 is 10.2 Å². The number of carbonyl (C=O) groups is 2. The van der Waals surface area contributed by atoms with E-state index in [0.717, 1.165) is 11.1 Å². The van der Waals surface area contributed by atoms with Crippen LogP contribution < -0.4 is 5.32 Å². The highest BCUT2D eigenvalue weighted by atomic mass is 19.1. The standard InChI is InChI=1S/C19H19FN2O2/c1-2-22-17(23)11-13-7-3-5-9-15(13)18(22)19(24)21-12-14-8-4-6-10-16(14)20/h3-10,18H,2,11-12H2,1H3,(H,21,24)/t18-/m1/s1. The number of likely N-dealkylation sites (N-methyl/N-ethyl adjacent to an activating group) is 1. The number of halogens is 1. The summed E-state index contributed by atoms with van der Waals surface area (Å²) in [6.45, 7) is 2.39. The Bertz CT molecular complexity index is 775. The van der Waals surface area contributed by atoms with Gasteiger partial charge in [-0.3, -0.25) is 9.59 Å². The molecule has 0 bridgehead atoms. The summed E-state index contributed by atoms with van der Waals surface area (Å²) in [5, 5.41) is 2.76. The Kier molecular flexibility index (Phi) is 4.60. The first-order chi connectivity index (χ1) is 11.6. The van der Waals surface area contributed by atoms with Gasteiger partial charge in [0.2, 0.25) is 11.8 Å². The van der Waals surface area contributed by atoms with Crippen LogP contribution >= 0.6 is 0 Å². The van der Waals surface area contributed by atoms with Gasteiger partial charge in [-0.15, -0.1) is 0 Å². The van der Waals surface area contributed by atoms with Crippen molar-refractivity contribution in [3.8, 4) is 0 Å². The maximum atomic E-state index is 13.7. The molecule has 2 amide bonds. The molecule has 5 heteroatoms. The molecular weight excluding hydrogens is 307 g/mol. The second kappa shape index (κ2) is 6.83. The zero-order valence-electron chi connectivity index (χ0n) is 13.5. The highest BCUT2D eigenvalue weighted by molar-refractivity contribution is 5.92. The minimum absolute atomic E-state index is 0.0674. The van der Waals surface area contributed by atoms with E-state index in [1.807, 2.05) is 31.2 Å². The lowest BCUT2D eigenvalue weighted by atomic mass is 9.91. The summed E-state index contributed by atoms with van der Waals surface area (Å²) < 4.78 is 13.7. The maximum absolute atomic E-state index is 13.7. The van der Waals surface area contributed by atoms with E-state index in [2.05, 4.69) is 5.32 Å². The second-order valence-electron chi connectivity index (χ2n) is 5.77. The predicted molar refractivity (Wildman–Crippen MR) is 88.5 cm³/mol. The summed E-state index contributed by atoms with van der Waals surface area (Å²) in [5.41, 5.74) is 2.13. The molecule has 0 fully saturated rings. The molecule has 0 aromatic heterocycles. The largest absolute Gasteiger partial charge is 0.350 e. The summed E-state index contributed by atoms with van der Waals surface area (Å²) in [7, 11) is 0. The molecule has 4 nitrogen and oxygen atoms in total. The van der Waals surface area contributed by atoms with Crippen molar-refractivity contribution in [1.82, 2.24) is 10.2 Å². The van der Waals surface area contributed by atoms with Crippen LogP contribution in [0.5, 0.6) is 0 Å². The van der Waals surface area contributed by atoms with Gasteiger partial charge in [-0.05, 0) is 24.1 Å². The van der Waals surface area contributed by atoms with Crippen LogP contribution in [-0.4, -0.2) is 23.3 Å². The normalized spacial score (nSPS) is 16.7. The molecule has 1 N–H and O–H groups in total. The van der Waals surface area contributed by atoms with Crippen LogP contribution in [0.25, 0.3) is 0 Å². The molecule has 124 valence electrons. The highest BCUT2D eigenvalue weighted by Crippen LogP contribution is 2.30. The van der Waals surface area contributed by atoms with Crippen molar-refractivity contribution < 1.29 is 14.0 Å². The number of rotatable bonds is 4. The van der Waals surface area contributed by atoms with Gasteiger partial charge in [0.25, 0.3) is 0 Å². The topological polar surface area (TPSA) is 49.4 Å². The van der Waals surface area contributed by atoms with Gasteiger partial charge in [0.1, 0.15) is 11.9 Å². The van der Waals surface area contributed by atoms with Crippen molar-refractivity contribution >= 4 is 11.8 Å². The Hall–Kier alpha value is -2.69. The number of fused-ring (bicyclic) bond motifs is 1. The number of nitrogens with zero attached hydrogens (tertiary/aromatic N) is 1. The van der Waals surface area contributed by atoms with Crippen molar-refractivity contribution in [2.24, 2.45) is 0 Å². The molecule has 1 aliphatic heterocycles. The summed E-state index contributed by atoms with van der Waals surface area (Å²) in [5.74, 6) is -0.715. The van der Waals surface area contributed by atoms with Crippen LogP contribution in [0, 0.1) is 5.82 Å². The minimum Gasteiger partial charge on any atom is -0.350 e. The average Bonchev–Trinajstić information content (AvgIpc) is 2.59. The molecule has 0 saturated carbocycles. The predicted octanol–water partition coefficient (Wildman–Crippen LogP) is 2.59. The van der Waals surface area contributed by atoms with Crippen molar-refractivity contribution in [1.29, 1.82) is 0 Å². The molecule has 0 radical (unpaired) electrons. The van der Waals surface area contributed by atoms with Gasteiger partial charge in [-0.1, -0.05) is 42.5 Å². The SMILES string of the molecule is CCN1C(=O)Cc2ccccc2[C@@H]1C(=O)NCc1ccccc1F. The first-order valence-electron chi connectivity index (χ1n) is 8.00. The Morgan fingerprint density at radius 2 is 1.92 bits per heavy atom. The summed E-state index contributed by atoms with van der Waals surface area (Å²) in [4.78, 5) is 26.6. The number of carbonyl (C=O) groups excluding carboxylic acids is 2. The molecule has 2 aromatic carbocycles. The zero-order valence-corrected chi connectivity index (χ0v) is 13.5. The summed E-state index contributed by atoms with van der Waals surface area (Å²) >= 11 is 0. The Morgan fingerprint density at radius 1 is 1.21 bits per heavy atom. The van der Waals surface area contributed by atoms with Crippen LogP contribution in [0.15, 0.2) is 48.5 Å². The van der Waals surface area contributed by atoms with Crippen LogP contribution in [-0.2, 0) is 22.6 Å². The van der Waals surface area contributed by atoms with Crippen molar-refractivity contribution in [3.63, 3.8) is 0 Å². The van der Waals surface area contributed by atoms with E-state index in [1.165, 1.54) is 6.07 Å². The van der Waals surface area contributed by atoms with E-state index in [9.17, 15) is 14.0 Å². The van der Waals surface area contributed by atoms with E-state index < -0.39 is 6.04 Å². The maximum Gasteiger partial charge on any atom is 0.247 e. The molecule has 0 spiro atoms. The summed E-state index contributed by atoms with van der Waals surface area (Å²) in [6, 6.07) is 13.1. The first kappa shape index (κ1) is 16.2. The number of hydrogen-bond acceptors (Lipinski definition) is 2. The average molecular weight is 326 g/mol. The lowest BCUT2D eigenvalue weighted by Gasteiger charge is -2.35. The lowest BCUT2D eigenvalue weighted by molar-refractivity contribution is -0.141. The van der Waals surface area contributed by atoms with Crippen molar-refractivity contribution in [2.75, 3.05) is 6.54 Å². The van der Waals surface area contributed by atoms with Crippen LogP contribution in [0.3, 0.4) is 0 Å². The van der Waals surface area contributed by atoms with Crippen LogP contribution in [0.2, 0.25) is 0 Å². The molecule has 1 aliphatic rings. The minimum atomic E-state index is -0.667. The number of benzene rings is 2. The van der Waals surface area contributed by atoms with Crippen molar-refractivity contribution in [3.05, 3.63) is 71.0 Å². The van der Waals surface area contributed by atoms with Gasteiger partial charge in [0, 0.05) is 18.7 Å². The van der Waals surface area contributed by atoms with E-state index in [4.69, 9.17) is 0 Å². The Morgan fingerprint density at radius 3 is 2.67 bits per heavy atom. The van der Waals surface area contributed by atoms with Crippen molar-refractivity contribution in [2.45, 2.75) is 25.9 Å². The van der Waals surface area contributed by atoms with Gasteiger partial charge >= 0.3 is 0 Å². The number of hydrogen-bond donors (Lipinski definition) is 1. The quantitative estimate of drug-likeness (QED) is 0.939. The van der Waals surface area contributed by atoms with Gasteiger partial charge in [0.05, 0.1) is 6.42 Å². The molecule has 0 unspecified atom stereocenters. The fourth-order valence-electron chi connectivity index (χ4n) is 3.10. The fraction of sp³-hybridized carbons (Fsp3) is 0.263. The molecule has 0 aliphatic carbocycles. The highest BCUT2D eigenvalue weighted by Gasteiger charge is 2.35. The number of amides is 2. The molecule has 1 heterocycles.